The predicted octanol–water partition coefficient (Wildman–Crippen LogP) is 2.67. The first kappa shape index (κ1) is 18.6. The number of methoxy groups -OCH3 is 2. The first-order chi connectivity index (χ1) is 12.0. The number of rotatable bonds is 7. The molecule has 1 heterocycles. The highest BCUT2D eigenvalue weighted by Crippen LogP contribution is 2.35. The number of carbonyl (C=O) groups is 2. The number of carbonyl (C=O) groups excluding carboxylic acids is 2. The number of hydrogen-bond acceptors (Lipinski definition) is 5. The van der Waals surface area contributed by atoms with Gasteiger partial charge >= 0.3 is 12.0 Å². The number of ether oxygens (including phenoxy) is 3. The summed E-state index contributed by atoms with van der Waals surface area (Å²) < 4.78 is 15.8. The maximum atomic E-state index is 12.5. The van der Waals surface area contributed by atoms with Crippen molar-refractivity contribution in [3.8, 4) is 11.5 Å². The lowest BCUT2D eigenvalue weighted by Crippen LogP contribution is -2.46. The maximum Gasteiger partial charge on any atom is 0.338 e. The fraction of sp³-hybridized carbons (Fsp3) is 0.444. The molecule has 0 fully saturated rings. The molecule has 1 aromatic rings. The Kier molecular flexibility index (Phi) is 6.27. The second kappa shape index (κ2) is 8.41. The third-order valence-electron chi connectivity index (χ3n) is 3.89. The van der Waals surface area contributed by atoms with Gasteiger partial charge in [-0.15, -0.1) is 0 Å². The van der Waals surface area contributed by atoms with E-state index in [0.29, 0.717) is 34.8 Å². The average Bonchev–Trinajstić information content (AvgIpc) is 2.61. The Labute approximate surface area is 147 Å². The van der Waals surface area contributed by atoms with E-state index in [-0.39, 0.29) is 12.6 Å². The molecule has 1 aliphatic heterocycles. The van der Waals surface area contributed by atoms with Gasteiger partial charge in [0.25, 0.3) is 0 Å². The fourth-order valence-corrected chi connectivity index (χ4v) is 2.80. The Hall–Kier alpha value is -2.70. The summed E-state index contributed by atoms with van der Waals surface area (Å²) in [7, 11) is 3.08. The number of hydrogen-bond donors (Lipinski definition) is 2. The summed E-state index contributed by atoms with van der Waals surface area (Å²) in [5.41, 5.74) is 1.71. The van der Waals surface area contributed by atoms with Crippen LogP contribution in [-0.4, -0.2) is 32.8 Å². The zero-order valence-electron chi connectivity index (χ0n) is 15.0. The zero-order chi connectivity index (χ0) is 18.4. The molecule has 2 rings (SSSR count). The summed E-state index contributed by atoms with van der Waals surface area (Å²) in [4.78, 5) is 24.6. The monoisotopic (exact) mass is 348 g/mol. The van der Waals surface area contributed by atoms with Crippen molar-refractivity contribution in [1.82, 2.24) is 10.6 Å². The van der Waals surface area contributed by atoms with Crippen molar-refractivity contribution in [3.63, 3.8) is 0 Å². The molecule has 1 aromatic carbocycles. The van der Waals surface area contributed by atoms with Gasteiger partial charge in [-0.05, 0) is 31.0 Å². The average molecular weight is 348 g/mol. The Bertz CT molecular complexity index is 684. The van der Waals surface area contributed by atoms with E-state index in [2.05, 4.69) is 10.6 Å². The van der Waals surface area contributed by atoms with Gasteiger partial charge < -0.3 is 24.8 Å². The van der Waals surface area contributed by atoms with E-state index in [1.54, 1.807) is 32.2 Å². The van der Waals surface area contributed by atoms with E-state index in [1.165, 1.54) is 7.11 Å². The summed E-state index contributed by atoms with van der Waals surface area (Å²) in [6.07, 6.45) is 1.36. The van der Waals surface area contributed by atoms with Crippen LogP contribution < -0.4 is 20.1 Å². The van der Waals surface area contributed by atoms with Crippen LogP contribution in [0.15, 0.2) is 29.5 Å². The first-order valence-electron chi connectivity index (χ1n) is 8.25. The highest BCUT2D eigenvalue weighted by molar-refractivity contribution is 5.95. The molecule has 0 unspecified atom stereocenters. The SMILES string of the molecule is CCCC1=C(C(=O)OCC)[C@@H](c2ccc(OC)c(OC)c2)NC(=O)N1. The Morgan fingerprint density at radius 3 is 2.48 bits per heavy atom. The van der Waals surface area contributed by atoms with Gasteiger partial charge in [0, 0.05) is 5.70 Å². The molecule has 0 saturated carbocycles. The molecule has 1 atom stereocenters. The summed E-state index contributed by atoms with van der Waals surface area (Å²) in [5.74, 6) is 0.647. The van der Waals surface area contributed by atoms with Crippen LogP contribution in [0.1, 0.15) is 38.3 Å². The Morgan fingerprint density at radius 2 is 1.88 bits per heavy atom. The lowest BCUT2D eigenvalue weighted by atomic mass is 9.93. The van der Waals surface area contributed by atoms with E-state index >= 15 is 0 Å². The van der Waals surface area contributed by atoms with Crippen LogP contribution in [0.2, 0.25) is 0 Å². The molecule has 0 aliphatic carbocycles. The normalized spacial score (nSPS) is 16.8. The van der Waals surface area contributed by atoms with E-state index in [1.807, 2.05) is 6.92 Å². The van der Waals surface area contributed by atoms with Crippen LogP contribution in [-0.2, 0) is 9.53 Å². The van der Waals surface area contributed by atoms with Crippen LogP contribution >= 0.6 is 0 Å². The molecular formula is C18H24N2O5. The van der Waals surface area contributed by atoms with Crippen LogP contribution in [0.3, 0.4) is 0 Å². The quantitative estimate of drug-likeness (QED) is 0.740. The minimum atomic E-state index is -0.617. The van der Waals surface area contributed by atoms with Crippen molar-refractivity contribution in [2.24, 2.45) is 0 Å². The summed E-state index contributed by atoms with van der Waals surface area (Å²) >= 11 is 0. The van der Waals surface area contributed by atoms with Gasteiger partial charge in [0.15, 0.2) is 11.5 Å². The van der Waals surface area contributed by atoms with Crippen LogP contribution in [0, 0.1) is 0 Å². The third-order valence-corrected chi connectivity index (χ3v) is 3.89. The number of esters is 1. The fourth-order valence-electron chi connectivity index (χ4n) is 2.80. The summed E-state index contributed by atoms with van der Waals surface area (Å²) in [6, 6.07) is 4.31. The van der Waals surface area contributed by atoms with E-state index in [9.17, 15) is 9.59 Å². The van der Waals surface area contributed by atoms with Crippen molar-refractivity contribution in [2.75, 3.05) is 20.8 Å². The number of amides is 2. The summed E-state index contributed by atoms with van der Waals surface area (Å²) in [5, 5.41) is 5.52. The minimum absolute atomic E-state index is 0.258. The molecule has 0 radical (unpaired) electrons. The highest BCUT2D eigenvalue weighted by atomic mass is 16.5. The standard InChI is InChI=1S/C18H24N2O5/c1-5-7-12-15(17(21)25-6-2)16(20-18(22)19-12)11-8-9-13(23-3)14(10-11)24-4/h8-10,16H,5-7H2,1-4H3,(H2,19,20,22)/t16-/m1/s1. The van der Waals surface area contributed by atoms with Crippen LogP contribution in [0.25, 0.3) is 0 Å². The van der Waals surface area contributed by atoms with Crippen LogP contribution in [0.4, 0.5) is 4.79 Å². The van der Waals surface area contributed by atoms with Gasteiger partial charge in [-0.2, -0.15) is 0 Å². The summed E-state index contributed by atoms with van der Waals surface area (Å²) in [6.45, 7) is 3.99. The van der Waals surface area contributed by atoms with Gasteiger partial charge in [0.2, 0.25) is 0 Å². The lowest BCUT2D eigenvalue weighted by molar-refractivity contribution is -0.139. The molecule has 136 valence electrons. The molecule has 0 saturated heterocycles. The molecule has 25 heavy (non-hydrogen) atoms. The molecule has 7 heteroatoms. The van der Waals surface area contributed by atoms with Gasteiger partial charge in [-0.3, -0.25) is 0 Å². The Balaban J connectivity index is 2.53. The predicted molar refractivity (Wildman–Crippen MR) is 92.5 cm³/mol. The molecule has 0 bridgehead atoms. The van der Waals surface area contributed by atoms with E-state index in [4.69, 9.17) is 14.2 Å². The van der Waals surface area contributed by atoms with Crippen molar-refractivity contribution < 1.29 is 23.8 Å². The third kappa shape index (κ3) is 4.04. The van der Waals surface area contributed by atoms with Crippen molar-refractivity contribution >= 4 is 12.0 Å². The molecule has 0 spiro atoms. The lowest BCUT2D eigenvalue weighted by Gasteiger charge is -2.29. The molecular weight excluding hydrogens is 324 g/mol. The second-order valence-electron chi connectivity index (χ2n) is 5.51. The maximum absolute atomic E-state index is 12.5. The van der Waals surface area contributed by atoms with E-state index < -0.39 is 12.0 Å². The largest absolute Gasteiger partial charge is 0.493 e. The molecule has 7 nitrogen and oxygen atoms in total. The number of urea groups is 1. The van der Waals surface area contributed by atoms with Gasteiger partial charge in [0.1, 0.15) is 0 Å². The van der Waals surface area contributed by atoms with E-state index in [0.717, 1.165) is 6.42 Å². The van der Waals surface area contributed by atoms with Gasteiger partial charge in [-0.1, -0.05) is 19.4 Å². The van der Waals surface area contributed by atoms with Crippen molar-refractivity contribution in [3.05, 3.63) is 35.0 Å². The molecule has 1 aliphatic rings. The first-order valence-corrected chi connectivity index (χ1v) is 8.25. The van der Waals surface area contributed by atoms with Crippen molar-refractivity contribution in [1.29, 1.82) is 0 Å². The van der Waals surface area contributed by atoms with Crippen LogP contribution in [0.5, 0.6) is 11.5 Å². The minimum Gasteiger partial charge on any atom is -0.493 e. The molecule has 0 aromatic heterocycles. The van der Waals surface area contributed by atoms with Gasteiger partial charge in [-0.25, -0.2) is 9.59 Å². The topological polar surface area (TPSA) is 85.9 Å². The second-order valence-corrected chi connectivity index (χ2v) is 5.51. The molecule has 2 amide bonds. The smallest absolute Gasteiger partial charge is 0.338 e. The Morgan fingerprint density at radius 1 is 1.16 bits per heavy atom. The zero-order valence-corrected chi connectivity index (χ0v) is 15.0. The number of nitrogens with one attached hydrogen (secondary N) is 2. The van der Waals surface area contributed by atoms with Gasteiger partial charge in [0.05, 0.1) is 32.4 Å². The highest BCUT2D eigenvalue weighted by Gasteiger charge is 2.33. The number of benzene rings is 1. The molecule has 2 N–H and O–H groups in total. The number of allylic oxidation sites excluding steroid dienone is 1. The van der Waals surface area contributed by atoms with Crippen molar-refractivity contribution in [2.45, 2.75) is 32.7 Å².